The van der Waals surface area contributed by atoms with Crippen molar-refractivity contribution in [3.63, 3.8) is 0 Å². The molecular formula is C11H13. The third-order valence-corrected chi connectivity index (χ3v) is 2.60. The van der Waals surface area contributed by atoms with Crippen molar-refractivity contribution in [3.05, 3.63) is 40.8 Å². The van der Waals surface area contributed by atoms with E-state index in [0.717, 1.165) is 0 Å². The Morgan fingerprint density at radius 1 is 0.909 bits per heavy atom. The maximum absolute atomic E-state index is 2.37. The number of hydrogen-bond donors (Lipinski definition) is 0. The van der Waals surface area contributed by atoms with Gasteiger partial charge in [0.15, 0.2) is 0 Å². The number of hydrogen-bond acceptors (Lipinski definition) is 0. The molecule has 2 rings (SSSR count). The predicted octanol–water partition coefficient (Wildman–Crippen LogP) is 2.61. The van der Waals surface area contributed by atoms with E-state index < -0.39 is 0 Å². The molecule has 57 valence electrons. The van der Waals surface area contributed by atoms with Gasteiger partial charge < -0.3 is 0 Å². The third kappa shape index (κ3) is 0.973. The van der Waals surface area contributed by atoms with Crippen LogP contribution in [0.4, 0.5) is 0 Å². The highest BCUT2D eigenvalue weighted by Crippen LogP contribution is 2.26. The Bertz CT molecular complexity index is 255. The number of aryl methyl sites for hydroxylation is 2. The third-order valence-electron chi connectivity index (χ3n) is 2.60. The van der Waals surface area contributed by atoms with Gasteiger partial charge in [-0.15, -0.1) is 0 Å². The van der Waals surface area contributed by atoms with Gasteiger partial charge in [0.25, 0.3) is 0 Å². The van der Waals surface area contributed by atoms with Crippen LogP contribution in [0.1, 0.15) is 22.3 Å². The van der Waals surface area contributed by atoms with Gasteiger partial charge in [-0.2, -0.15) is 0 Å². The predicted molar refractivity (Wildman–Crippen MR) is 47.6 cm³/mol. The molecule has 1 radical (unpaired) electrons. The first-order valence-electron chi connectivity index (χ1n) is 4.18. The number of benzene rings is 1. The summed E-state index contributed by atoms with van der Waals surface area (Å²) in [5, 5.41) is 0. The van der Waals surface area contributed by atoms with E-state index in [1.807, 2.05) is 0 Å². The molecule has 11 heavy (non-hydrogen) atoms. The van der Waals surface area contributed by atoms with E-state index in [1.165, 1.54) is 24.0 Å². The highest BCUT2D eigenvalue weighted by atomic mass is 14.2. The molecule has 0 N–H and O–H groups in total. The van der Waals surface area contributed by atoms with Crippen molar-refractivity contribution in [2.24, 2.45) is 0 Å². The normalized spacial score (nSPS) is 15.1. The fraction of sp³-hybridized carbons (Fsp3) is 0.364. The molecule has 0 saturated carbocycles. The molecule has 1 aromatic carbocycles. The van der Waals surface area contributed by atoms with Crippen molar-refractivity contribution >= 4 is 0 Å². The molecule has 0 aromatic heterocycles. The second kappa shape index (κ2) is 2.37. The highest BCUT2D eigenvalue weighted by Gasteiger charge is 2.14. The van der Waals surface area contributed by atoms with Gasteiger partial charge in [0.2, 0.25) is 0 Å². The fourth-order valence-electron chi connectivity index (χ4n) is 1.86. The van der Waals surface area contributed by atoms with Gasteiger partial charge >= 0.3 is 0 Å². The standard InChI is InChI=1S/C11H13/c1-8-6-7-9(2)11-5-3-4-10(8)11/h3,6-7H,4-5H2,1-2H3. The molecule has 0 unspecified atom stereocenters. The number of fused-ring (bicyclic) bond motifs is 1. The Morgan fingerprint density at radius 3 is 1.82 bits per heavy atom. The van der Waals surface area contributed by atoms with E-state index in [0.29, 0.717) is 0 Å². The first kappa shape index (κ1) is 6.90. The molecule has 0 amide bonds. The Labute approximate surface area is 68.3 Å². The summed E-state index contributed by atoms with van der Waals surface area (Å²) in [6, 6.07) is 4.46. The molecule has 0 heteroatoms. The second-order valence-corrected chi connectivity index (χ2v) is 3.35. The lowest BCUT2D eigenvalue weighted by Crippen LogP contribution is -1.90. The maximum atomic E-state index is 2.37. The monoisotopic (exact) mass is 145 g/mol. The van der Waals surface area contributed by atoms with Gasteiger partial charge in [-0.1, -0.05) is 12.1 Å². The molecule has 0 fully saturated rings. The van der Waals surface area contributed by atoms with Gasteiger partial charge in [-0.3, -0.25) is 0 Å². The van der Waals surface area contributed by atoms with Crippen LogP contribution in [0.2, 0.25) is 0 Å². The molecule has 1 aliphatic carbocycles. The summed E-state index contributed by atoms with van der Waals surface area (Å²) in [6.45, 7) is 4.41. The van der Waals surface area contributed by atoms with Crippen LogP contribution in [0.3, 0.4) is 0 Å². The van der Waals surface area contributed by atoms with Crippen molar-refractivity contribution in [2.75, 3.05) is 0 Å². The summed E-state index contributed by atoms with van der Waals surface area (Å²) in [4.78, 5) is 0. The second-order valence-electron chi connectivity index (χ2n) is 3.35. The summed E-state index contributed by atoms with van der Waals surface area (Å²) in [6.07, 6.45) is 4.73. The van der Waals surface area contributed by atoms with Crippen LogP contribution in [-0.2, 0) is 12.8 Å². The fourth-order valence-corrected chi connectivity index (χ4v) is 1.86. The summed E-state index contributed by atoms with van der Waals surface area (Å²) in [5.41, 5.74) is 6.06. The van der Waals surface area contributed by atoms with Crippen LogP contribution in [0.5, 0.6) is 0 Å². The first-order valence-corrected chi connectivity index (χ1v) is 4.18. The first-order chi connectivity index (χ1) is 5.29. The van der Waals surface area contributed by atoms with E-state index >= 15 is 0 Å². The minimum absolute atomic E-state index is 1.18. The van der Waals surface area contributed by atoms with Crippen LogP contribution in [0.25, 0.3) is 0 Å². The van der Waals surface area contributed by atoms with Crippen molar-refractivity contribution in [3.8, 4) is 0 Å². The molecule has 1 aliphatic rings. The molecule has 0 saturated heterocycles. The van der Waals surface area contributed by atoms with E-state index in [1.54, 1.807) is 11.1 Å². The molecule has 0 spiro atoms. The van der Waals surface area contributed by atoms with Gasteiger partial charge in [-0.25, -0.2) is 0 Å². The van der Waals surface area contributed by atoms with Crippen LogP contribution in [0, 0.1) is 20.3 Å². The Morgan fingerprint density at radius 2 is 1.36 bits per heavy atom. The lowest BCUT2D eigenvalue weighted by molar-refractivity contribution is 1.16. The maximum Gasteiger partial charge on any atom is -0.0239 e. The zero-order valence-corrected chi connectivity index (χ0v) is 7.15. The minimum Gasteiger partial charge on any atom is -0.0588 e. The van der Waals surface area contributed by atoms with Crippen LogP contribution >= 0.6 is 0 Å². The lowest BCUT2D eigenvalue weighted by atomic mass is 10.0. The summed E-state index contributed by atoms with van der Waals surface area (Å²) < 4.78 is 0. The molecule has 0 atom stereocenters. The van der Waals surface area contributed by atoms with Crippen molar-refractivity contribution in [1.82, 2.24) is 0 Å². The lowest BCUT2D eigenvalue weighted by Gasteiger charge is -2.05. The van der Waals surface area contributed by atoms with Crippen molar-refractivity contribution in [1.29, 1.82) is 0 Å². The van der Waals surface area contributed by atoms with Crippen LogP contribution in [-0.4, -0.2) is 0 Å². The van der Waals surface area contributed by atoms with Gasteiger partial charge in [0, 0.05) is 0 Å². The molecule has 0 aliphatic heterocycles. The number of rotatable bonds is 0. The Kier molecular flexibility index (Phi) is 1.49. The molecule has 0 bridgehead atoms. The highest BCUT2D eigenvalue weighted by molar-refractivity contribution is 5.44. The SMILES string of the molecule is Cc1ccc(C)c2c1C[CH]C2. The zero-order chi connectivity index (χ0) is 7.84. The van der Waals surface area contributed by atoms with Crippen LogP contribution < -0.4 is 0 Å². The Balaban J connectivity index is 2.64. The smallest absolute Gasteiger partial charge is 0.0239 e. The van der Waals surface area contributed by atoms with E-state index in [2.05, 4.69) is 32.4 Å². The minimum atomic E-state index is 1.18. The van der Waals surface area contributed by atoms with Gasteiger partial charge in [0.05, 0.1) is 0 Å². The van der Waals surface area contributed by atoms with Crippen molar-refractivity contribution in [2.45, 2.75) is 26.7 Å². The zero-order valence-electron chi connectivity index (χ0n) is 7.15. The average Bonchev–Trinajstić information content (AvgIpc) is 2.45. The van der Waals surface area contributed by atoms with E-state index in [4.69, 9.17) is 0 Å². The van der Waals surface area contributed by atoms with E-state index in [-0.39, 0.29) is 0 Å². The molecule has 0 nitrogen and oxygen atoms in total. The summed E-state index contributed by atoms with van der Waals surface area (Å²) >= 11 is 0. The Hall–Kier alpha value is -0.780. The summed E-state index contributed by atoms with van der Waals surface area (Å²) in [5.74, 6) is 0. The molecule has 0 heterocycles. The molecular weight excluding hydrogens is 132 g/mol. The quantitative estimate of drug-likeness (QED) is 0.526. The largest absolute Gasteiger partial charge is 0.0588 e. The summed E-state index contributed by atoms with van der Waals surface area (Å²) in [7, 11) is 0. The van der Waals surface area contributed by atoms with Gasteiger partial charge in [0.1, 0.15) is 0 Å². The molecule has 1 aromatic rings. The topological polar surface area (TPSA) is 0 Å². The average molecular weight is 145 g/mol. The van der Waals surface area contributed by atoms with E-state index in [9.17, 15) is 0 Å². The van der Waals surface area contributed by atoms with Crippen LogP contribution in [0.15, 0.2) is 12.1 Å². The van der Waals surface area contributed by atoms with Gasteiger partial charge in [-0.05, 0) is 55.4 Å². The van der Waals surface area contributed by atoms with Crippen molar-refractivity contribution < 1.29 is 0 Å².